The fourth-order valence-electron chi connectivity index (χ4n) is 3.95. The Labute approximate surface area is 134 Å². The third-order valence-electron chi connectivity index (χ3n) is 5.43. The van der Waals surface area contributed by atoms with Gasteiger partial charge in [-0.2, -0.15) is 4.98 Å². The van der Waals surface area contributed by atoms with Crippen LogP contribution in [0.2, 0.25) is 0 Å². The molecule has 5 rings (SSSR count). The molecule has 1 aromatic heterocycles. The van der Waals surface area contributed by atoms with Gasteiger partial charge >= 0.3 is 0 Å². The van der Waals surface area contributed by atoms with E-state index in [1.54, 1.807) is 0 Å². The molecule has 1 amide bonds. The van der Waals surface area contributed by atoms with E-state index in [4.69, 9.17) is 4.52 Å². The maximum atomic E-state index is 12.7. The molecule has 5 heteroatoms. The summed E-state index contributed by atoms with van der Waals surface area (Å²) in [5, 5.41) is 4.04. The molecule has 2 aliphatic carbocycles. The molecule has 3 fully saturated rings. The van der Waals surface area contributed by atoms with Gasteiger partial charge in [0.05, 0.1) is 0 Å². The smallest absolute Gasteiger partial charge is 0.257 e. The molecule has 2 unspecified atom stereocenters. The standard InChI is InChI=1S/C18H19N3O2/c22-18(21-10-11-1-8-15(21)9-11)14-6-4-13(5-7-14)17-19-16(20-23-17)12-2-3-12/h4-7,11-12,15H,1-3,8-10H2. The molecule has 2 heterocycles. The summed E-state index contributed by atoms with van der Waals surface area (Å²) in [6.07, 6.45) is 5.96. The summed E-state index contributed by atoms with van der Waals surface area (Å²) in [7, 11) is 0. The van der Waals surface area contributed by atoms with Crippen LogP contribution < -0.4 is 0 Å². The van der Waals surface area contributed by atoms with Crippen LogP contribution in [0.5, 0.6) is 0 Å². The monoisotopic (exact) mass is 309 g/mol. The number of carbonyl (C=O) groups is 1. The molecule has 0 radical (unpaired) electrons. The van der Waals surface area contributed by atoms with Crippen molar-refractivity contribution in [3.63, 3.8) is 0 Å². The van der Waals surface area contributed by atoms with E-state index in [0.717, 1.165) is 42.3 Å². The molecule has 1 aromatic carbocycles. The lowest BCUT2D eigenvalue weighted by Crippen LogP contribution is -2.37. The maximum absolute atomic E-state index is 12.7. The second kappa shape index (κ2) is 4.91. The molecule has 5 nitrogen and oxygen atoms in total. The zero-order valence-corrected chi connectivity index (χ0v) is 12.9. The summed E-state index contributed by atoms with van der Waals surface area (Å²) >= 11 is 0. The molecule has 1 aliphatic heterocycles. The molecule has 118 valence electrons. The summed E-state index contributed by atoms with van der Waals surface area (Å²) in [4.78, 5) is 19.2. The van der Waals surface area contributed by atoms with Gasteiger partial charge in [-0.25, -0.2) is 0 Å². The Bertz CT molecular complexity index is 748. The maximum Gasteiger partial charge on any atom is 0.257 e. The van der Waals surface area contributed by atoms with Crippen molar-refractivity contribution in [1.82, 2.24) is 15.0 Å². The van der Waals surface area contributed by atoms with E-state index in [-0.39, 0.29) is 5.91 Å². The summed E-state index contributed by atoms with van der Waals surface area (Å²) < 4.78 is 5.34. The molecule has 2 aromatic rings. The lowest BCUT2D eigenvalue weighted by Gasteiger charge is -2.27. The van der Waals surface area contributed by atoms with Crippen molar-refractivity contribution in [3.05, 3.63) is 35.7 Å². The number of fused-ring (bicyclic) bond motifs is 2. The number of nitrogens with zero attached hydrogens (tertiary/aromatic N) is 3. The van der Waals surface area contributed by atoms with Crippen molar-refractivity contribution >= 4 is 5.91 Å². The van der Waals surface area contributed by atoms with Crippen LogP contribution >= 0.6 is 0 Å². The molecular weight excluding hydrogens is 290 g/mol. The molecule has 1 saturated heterocycles. The Morgan fingerprint density at radius 2 is 1.96 bits per heavy atom. The average Bonchev–Trinajstić information content (AvgIpc) is 3.03. The summed E-state index contributed by atoms with van der Waals surface area (Å²) in [6, 6.07) is 8.04. The predicted octanol–water partition coefficient (Wildman–Crippen LogP) is 3.24. The number of aromatic nitrogens is 2. The van der Waals surface area contributed by atoms with Gasteiger partial charge in [-0.05, 0) is 62.3 Å². The first-order chi connectivity index (χ1) is 11.3. The Hall–Kier alpha value is -2.17. The quantitative estimate of drug-likeness (QED) is 0.873. The molecule has 2 bridgehead atoms. The number of piperidine rings is 1. The van der Waals surface area contributed by atoms with Gasteiger partial charge in [0.1, 0.15) is 0 Å². The number of rotatable bonds is 3. The van der Waals surface area contributed by atoms with Crippen molar-refractivity contribution in [3.8, 4) is 11.5 Å². The fourth-order valence-corrected chi connectivity index (χ4v) is 3.95. The van der Waals surface area contributed by atoms with Gasteiger partial charge in [-0.3, -0.25) is 4.79 Å². The predicted molar refractivity (Wildman–Crippen MR) is 83.9 cm³/mol. The van der Waals surface area contributed by atoms with E-state index in [0.29, 0.717) is 17.9 Å². The van der Waals surface area contributed by atoms with Crippen LogP contribution in [0.3, 0.4) is 0 Å². The minimum atomic E-state index is 0.160. The number of amides is 1. The van der Waals surface area contributed by atoms with Gasteiger partial charge in [0.2, 0.25) is 0 Å². The second-order valence-electron chi connectivity index (χ2n) is 7.10. The van der Waals surface area contributed by atoms with Crippen LogP contribution in [0.25, 0.3) is 11.5 Å². The van der Waals surface area contributed by atoms with Crippen LogP contribution in [0.15, 0.2) is 28.8 Å². The number of likely N-dealkylation sites (tertiary alicyclic amines) is 1. The van der Waals surface area contributed by atoms with E-state index in [1.807, 2.05) is 24.3 Å². The third-order valence-corrected chi connectivity index (χ3v) is 5.43. The highest BCUT2D eigenvalue weighted by atomic mass is 16.5. The summed E-state index contributed by atoms with van der Waals surface area (Å²) in [5.74, 6) is 2.73. The van der Waals surface area contributed by atoms with E-state index in [1.165, 1.54) is 19.3 Å². The zero-order valence-electron chi connectivity index (χ0n) is 12.9. The van der Waals surface area contributed by atoms with Crippen LogP contribution in [-0.4, -0.2) is 33.5 Å². The van der Waals surface area contributed by atoms with Gasteiger partial charge in [0, 0.05) is 29.6 Å². The first-order valence-corrected chi connectivity index (χ1v) is 8.53. The van der Waals surface area contributed by atoms with Gasteiger partial charge in [0.25, 0.3) is 11.8 Å². The van der Waals surface area contributed by atoms with Gasteiger partial charge in [-0.15, -0.1) is 0 Å². The lowest BCUT2D eigenvalue weighted by atomic mass is 10.1. The van der Waals surface area contributed by atoms with Crippen LogP contribution in [0, 0.1) is 5.92 Å². The zero-order chi connectivity index (χ0) is 15.4. The van der Waals surface area contributed by atoms with Gasteiger partial charge in [0.15, 0.2) is 5.82 Å². The minimum absolute atomic E-state index is 0.160. The molecule has 3 aliphatic rings. The molecular formula is C18H19N3O2. The molecule has 2 saturated carbocycles. The largest absolute Gasteiger partial charge is 0.335 e. The van der Waals surface area contributed by atoms with Gasteiger partial charge < -0.3 is 9.42 Å². The molecule has 2 atom stereocenters. The van der Waals surface area contributed by atoms with Crippen molar-refractivity contribution < 1.29 is 9.32 Å². The number of carbonyl (C=O) groups excluding carboxylic acids is 1. The van der Waals surface area contributed by atoms with Crippen molar-refractivity contribution in [2.45, 2.75) is 44.1 Å². The van der Waals surface area contributed by atoms with E-state index >= 15 is 0 Å². The molecule has 23 heavy (non-hydrogen) atoms. The summed E-state index contributed by atoms with van der Waals surface area (Å²) in [5.41, 5.74) is 1.63. The highest BCUT2D eigenvalue weighted by Gasteiger charge is 2.40. The number of hydrogen-bond acceptors (Lipinski definition) is 4. The van der Waals surface area contributed by atoms with Crippen LogP contribution in [0.4, 0.5) is 0 Å². The Morgan fingerprint density at radius 3 is 2.61 bits per heavy atom. The van der Waals surface area contributed by atoms with Crippen LogP contribution in [0.1, 0.15) is 54.2 Å². The average molecular weight is 309 g/mol. The number of benzene rings is 1. The first-order valence-electron chi connectivity index (χ1n) is 8.53. The van der Waals surface area contributed by atoms with Crippen LogP contribution in [-0.2, 0) is 0 Å². The van der Waals surface area contributed by atoms with Crippen molar-refractivity contribution in [2.24, 2.45) is 5.92 Å². The van der Waals surface area contributed by atoms with E-state index in [9.17, 15) is 4.79 Å². The third kappa shape index (κ3) is 2.26. The molecule has 0 N–H and O–H groups in total. The Kier molecular flexibility index (Phi) is 2.84. The normalized spacial score (nSPS) is 26.0. The Morgan fingerprint density at radius 1 is 1.13 bits per heavy atom. The van der Waals surface area contributed by atoms with Crippen molar-refractivity contribution in [2.75, 3.05) is 6.54 Å². The molecule has 0 spiro atoms. The second-order valence-corrected chi connectivity index (χ2v) is 7.10. The van der Waals surface area contributed by atoms with Crippen molar-refractivity contribution in [1.29, 1.82) is 0 Å². The Balaban J connectivity index is 1.35. The van der Waals surface area contributed by atoms with E-state index in [2.05, 4.69) is 15.0 Å². The van der Waals surface area contributed by atoms with E-state index < -0.39 is 0 Å². The first kappa shape index (κ1) is 13.3. The lowest BCUT2D eigenvalue weighted by molar-refractivity contribution is 0.0703. The highest BCUT2D eigenvalue weighted by Crippen LogP contribution is 2.39. The topological polar surface area (TPSA) is 59.2 Å². The fraction of sp³-hybridized carbons (Fsp3) is 0.500. The SMILES string of the molecule is O=C(c1ccc(-c2nc(C3CC3)no2)cc1)N1CC2CCC1C2. The highest BCUT2D eigenvalue weighted by molar-refractivity contribution is 5.95. The minimum Gasteiger partial charge on any atom is -0.335 e. The summed E-state index contributed by atoms with van der Waals surface area (Å²) in [6.45, 7) is 0.930. The number of hydrogen-bond donors (Lipinski definition) is 0. The van der Waals surface area contributed by atoms with Gasteiger partial charge in [-0.1, -0.05) is 5.16 Å².